The number of phenols is 1. The van der Waals surface area contributed by atoms with E-state index in [0.717, 1.165) is 17.0 Å². The van der Waals surface area contributed by atoms with Crippen LogP contribution in [0.4, 0.5) is 5.69 Å². The van der Waals surface area contributed by atoms with E-state index in [1.807, 2.05) is 39.8 Å². The fraction of sp³-hybridized carbons (Fsp3) is 0.375. The van der Waals surface area contributed by atoms with Gasteiger partial charge in [0, 0.05) is 30.0 Å². The van der Waals surface area contributed by atoms with Gasteiger partial charge in [-0.2, -0.15) is 0 Å². The summed E-state index contributed by atoms with van der Waals surface area (Å²) < 4.78 is 5.99. The monoisotopic (exact) mass is 574 g/mol. The van der Waals surface area contributed by atoms with Crippen LogP contribution in [0, 0.1) is 19.8 Å². The van der Waals surface area contributed by atoms with E-state index in [1.54, 1.807) is 41.9 Å². The minimum atomic E-state index is -1.23. The second-order valence-corrected chi connectivity index (χ2v) is 11.3. The smallest absolute Gasteiger partial charge is 0.266 e. The fourth-order valence-corrected chi connectivity index (χ4v) is 5.59. The molecular formula is C32H38N4O6. The van der Waals surface area contributed by atoms with Gasteiger partial charge in [-0.15, -0.1) is 0 Å². The van der Waals surface area contributed by atoms with Crippen molar-refractivity contribution in [3.8, 4) is 11.5 Å². The van der Waals surface area contributed by atoms with Gasteiger partial charge >= 0.3 is 0 Å². The Morgan fingerprint density at radius 2 is 1.69 bits per heavy atom. The molecule has 10 heteroatoms. The molecule has 0 saturated carbocycles. The standard InChI is InChI=1S/C32H38N4O6/c1-20(2)15-28(30(39)35-41)36-14-13-32(31(36)40,18-29(38)34-25-7-9-26(37)10-8-25)24-5-11-27(12-6-24)42-19-23-16-21(3)33-22(4)17-23/h5-12,16-17,20,28,37,41H,13-15,18-19H2,1-4H3,(H,34,38)(H,35,39). The summed E-state index contributed by atoms with van der Waals surface area (Å²) in [4.78, 5) is 46.0. The van der Waals surface area contributed by atoms with E-state index in [9.17, 15) is 24.7 Å². The number of rotatable bonds is 11. The second kappa shape index (κ2) is 13.0. The lowest BCUT2D eigenvalue weighted by atomic mass is 9.75. The number of likely N-dealkylation sites (tertiary alicyclic amines) is 1. The third-order valence-electron chi connectivity index (χ3n) is 7.50. The lowest BCUT2D eigenvalue weighted by molar-refractivity contribution is -0.145. The number of aryl methyl sites for hydroxylation is 2. The van der Waals surface area contributed by atoms with Crippen LogP contribution < -0.4 is 15.5 Å². The van der Waals surface area contributed by atoms with Crippen molar-refractivity contribution >= 4 is 23.4 Å². The van der Waals surface area contributed by atoms with Crippen molar-refractivity contribution in [3.63, 3.8) is 0 Å². The van der Waals surface area contributed by atoms with Crippen molar-refractivity contribution < 1.29 is 29.4 Å². The number of carbonyl (C=O) groups is 3. The number of amides is 3. The molecule has 3 amide bonds. The third-order valence-corrected chi connectivity index (χ3v) is 7.50. The van der Waals surface area contributed by atoms with E-state index >= 15 is 0 Å². The van der Waals surface area contributed by atoms with Crippen LogP contribution in [0.15, 0.2) is 60.7 Å². The topological polar surface area (TPSA) is 141 Å². The molecule has 2 aromatic carbocycles. The van der Waals surface area contributed by atoms with Crippen molar-refractivity contribution in [1.82, 2.24) is 15.4 Å². The van der Waals surface area contributed by atoms with Gasteiger partial charge in [0.05, 0.1) is 5.41 Å². The highest BCUT2D eigenvalue weighted by molar-refractivity contribution is 6.01. The predicted octanol–water partition coefficient (Wildman–Crippen LogP) is 4.40. The number of pyridine rings is 1. The van der Waals surface area contributed by atoms with Crippen LogP contribution in [0.5, 0.6) is 11.5 Å². The number of aromatic nitrogens is 1. The lowest BCUT2D eigenvalue weighted by Crippen LogP contribution is -2.50. The molecule has 2 heterocycles. The van der Waals surface area contributed by atoms with Crippen LogP contribution >= 0.6 is 0 Å². The molecule has 1 aliphatic rings. The Morgan fingerprint density at radius 3 is 2.29 bits per heavy atom. The molecule has 0 aliphatic carbocycles. The molecular weight excluding hydrogens is 536 g/mol. The zero-order valence-corrected chi connectivity index (χ0v) is 24.4. The molecule has 3 aromatic rings. The van der Waals surface area contributed by atoms with Gasteiger partial charge in [-0.1, -0.05) is 26.0 Å². The summed E-state index contributed by atoms with van der Waals surface area (Å²) in [5.41, 5.74) is 4.39. The predicted molar refractivity (Wildman–Crippen MR) is 157 cm³/mol. The number of nitrogens with one attached hydrogen (secondary N) is 2. The number of phenolic OH excluding ortho intramolecular Hbond substituents is 1. The van der Waals surface area contributed by atoms with Gasteiger partial charge in [-0.05, 0) is 92.3 Å². The van der Waals surface area contributed by atoms with Crippen LogP contribution in [0.3, 0.4) is 0 Å². The van der Waals surface area contributed by atoms with Crippen molar-refractivity contribution in [1.29, 1.82) is 0 Å². The van der Waals surface area contributed by atoms with Crippen LogP contribution in [0.1, 0.15) is 55.6 Å². The molecule has 42 heavy (non-hydrogen) atoms. The number of anilines is 1. The largest absolute Gasteiger partial charge is 0.508 e. The Kier molecular flexibility index (Phi) is 9.47. The molecule has 222 valence electrons. The van der Waals surface area contributed by atoms with Gasteiger partial charge in [0.15, 0.2) is 0 Å². The summed E-state index contributed by atoms with van der Waals surface area (Å²) in [6, 6.07) is 16.3. The maximum atomic E-state index is 14.2. The number of hydrogen-bond acceptors (Lipinski definition) is 7. The van der Waals surface area contributed by atoms with Gasteiger partial charge in [0.25, 0.3) is 5.91 Å². The van der Waals surface area contributed by atoms with E-state index in [2.05, 4.69) is 10.3 Å². The highest BCUT2D eigenvalue weighted by atomic mass is 16.5. The molecule has 1 aromatic heterocycles. The number of nitrogens with zero attached hydrogens (tertiary/aromatic N) is 2. The fourth-order valence-electron chi connectivity index (χ4n) is 5.59. The molecule has 1 aliphatic heterocycles. The zero-order valence-electron chi connectivity index (χ0n) is 24.4. The summed E-state index contributed by atoms with van der Waals surface area (Å²) in [5, 5.41) is 21.8. The third kappa shape index (κ3) is 7.06. The molecule has 2 atom stereocenters. The van der Waals surface area contributed by atoms with Gasteiger partial charge < -0.3 is 20.1 Å². The van der Waals surface area contributed by atoms with E-state index in [0.29, 0.717) is 36.4 Å². The van der Waals surface area contributed by atoms with Gasteiger partial charge in [-0.25, -0.2) is 5.48 Å². The molecule has 10 nitrogen and oxygen atoms in total. The van der Waals surface area contributed by atoms with E-state index in [1.165, 1.54) is 17.0 Å². The van der Waals surface area contributed by atoms with E-state index in [4.69, 9.17) is 4.74 Å². The molecule has 4 rings (SSSR count). The average Bonchev–Trinajstić information content (AvgIpc) is 3.27. The number of hydrogen-bond donors (Lipinski definition) is 4. The Bertz CT molecular complexity index is 1400. The van der Waals surface area contributed by atoms with Gasteiger partial charge in [0.1, 0.15) is 24.1 Å². The van der Waals surface area contributed by atoms with Crippen LogP contribution in [-0.4, -0.2) is 50.5 Å². The Labute approximate surface area is 245 Å². The van der Waals surface area contributed by atoms with Crippen molar-refractivity contribution in [2.75, 3.05) is 11.9 Å². The summed E-state index contributed by atoms with van der Waals surface area (Å²) >= 11 is 0. The first-order valence-corrected chi connectivity index (χ1v) is 14.0. The van der Waals surface area contributed by atoms with Gasteiger partial charge in [-0.3, -0.25) is 24.6 Å². The highest BCUT2D eigenvalue weighted by Gasteiger charge is 2.52. The first-order valence-electron chi connectivity index (χ1n) is 14.0. The van der Waals surface area contributed by atoms with Crippen molar-refractivity contribution in [2.24, 2.45) is 5.92 Å². The SMILES string of the molecule is Cc1cc(COc2ccc(C3(CC(=O)Nc4ccc(O)cc4)CCN(C(CC(C)C)C(=O)NO)C3=O)cc2)cc(C)n1. The van der Waals surface area contributed by atoms with Crippen molar-refractivity contribution in [3.05, 3.63) is 83.2 Å². The Balaban J connectivity index is 1.61. The average molecular weight is 575 g/mol. The van der Waals surface area contributed by atoms with Crippen molar-refractivity contribution in [2.45, 2.75) is 65.0 Å². The molecule has 0 bridgehead atoms. The van der Waals surface area contributed by atoms with E-state index in [-0.39, 0.29) is 36.4 Å². The summed E-state index contributed by atoms with van der Waals surface area (Å²) in [6.45, 7) is 8.33. The van der Waals surface area contributed by atoms with Crippen LogP contribution in [-0.2, 0) is 26.4 Å². The highest BCUT2D eigenvalue weighted by Crippen LogP contribution is 2.41. The second-order valence-electron chi connectivity index (χ2n) is 11.3. The summed E-state index contributed by atoms with van der Waals surface area (Å²) in [5.74, 6) is -0.639. The maximum Gasteiger partial charge on any atom is 0.266 e. The number of ether oxygens (including phenoxy) is 1. The van der Waals surface area contributed by atoms with Crippen LogP contribution in [0.25, 0.3) is 0 Å². The van der Waals surface area contributed by atoms with Gasteiger partial charge in [0.2, 0.25) is 11.8 Å². The molecule has 0 spiro atoms. The maximum absolute atomic E-state index is 14.2. The quantitative estimate of drug-likeness (QED) is 0.151. The molecule has 2 unspecified atom stereocenters. The normalized spacial score (nSPS) is 17.3. The first-order chi connectivity index (χ1) is 20.0. The number of aromatic hydroxyl groups is 1. The molecule has 1 saturated heterocycles. The van der Waals surface area contributed by atoms with Crippen LogP contribution in [0.2, 0.25) is 0 Å². The first kappa shape index (κ1) is 30.5. The summed E-state index contributed by atoms with van der Waals surface area (Å²) in [6.07, 6.45) is 0.501. The molecule has 1 fully saturated rings. The number of carbonyl (C=O) groups excluding carboxylic acids is 3. The lowest BCUT2D eigenvalue weighted by Gasteiger charge is -2.32. The minimum absolute atomic E-state index is 0.0703. The Hall–Kier alpha value is -4.44. The number of benzene rings is 2. The minimum Gasteiger partial charge on any atom is -0.508 e. The summed E-state index contributed by atoms with van der Waals surface area (Å²) in [7, 11) is 0. The molecule has 0 radical (unpaired) electrons. The zero-order chi connectivity index (χ0) is 30.4. The molecule has 4 N–H and O–H groups in total. The van der Waals surface area contributed by atoms with E-state index < -0.39 is 17.4 Å². The number of hydroxylamine groups is 1. The Morgan fingerprint density at radius 1 is 1.05 bits per heavy atom.